The van der Waals surface area contributed by atoms with Gasteiger partial charge in [-0.05, 0) is 13.0 Å². The molecule has 0 aliphatic carbocycles. The molecule has 0 fully saturated rings. The van der Waals surface area contributed by atoms with Crippen molar-refractivity contribution in [2.45, 2.75) is 12.8 Å². The van der Waals surface area contributed by atoms with E-state index in [-0.39, 0.29) is 29.2 Å². The Morgan fingerprint density at radius 2 is 2.30 bits per heavy atom. The second kappa shape index (κ2) is 4.97. The van der Waals surface area contributed by atoms with Gasteiger partial charge in [0.25, 0.3) is 5.91 Å². The molecule has 1 aromatic heterocycles. The van der Waals surface area contributed by atoms with Gasteiger partial charge in [-0.1, -0.05) is 0 Å². The van der Waals surface area contributed by atoms with E-state index in [1.54, 1.807) is 13.0 Å². The lowest BCUT2D eigenvalue weighted by molar-refractivity contribution is -0.148. The Hall–Kier alpha value is -2.95. The molecule has 0 unspecified atom stereocenters. The van der Waals surface area contributed by atoms with E-state index < -0.39 is 23.7 Å². The Morgan fingerprint density at radius 3 is 2.90 bits per heavy atom. The smallest absolute Gasteiger partial charge is 0.324 e. The highest BCUT2D eigenvalue weighted by molar-refractivity contribution is 6.17. The number of pyridine rings is 1. The minimum atomic E-state index is -1.36. The highest BCUT2D eigenvalue weighted by Crippen LogP contribution is 2.27. The standard InChI is InChI=1S/C12H10N4O4/c1-2-20-12(19)7-8-6(10(17)16-11(7)18)3-5(4-13)9(14)15-8/h3,7H,2H2,1H3,(H2,14,15)(H,16,17,18)/t7-/m0/s1. The second-order valence-corrected chi connectivity index (χ2v) is 3.97. The molecular weight excluding hydrogens is 264 g/mol. The molecule has 1 aliphatic heterocycles. The van der Waals surface area contributed by atoms with Crippen LogP contribution in [0.1, 0.15) is 34.5 Å². The number of fused-ring (bicyclic) bond motifs is 1. The van der Waals surface area contributed by atoms with Crippen molar-refractivity contribution in [2.75, 3.05) is 12.3 Å². The average molecular weight is 274 g/mol. The van der Waals surface area contributed by atoms with Crippen LogP contribution in [0.15, 0.2) is 6.07 Å². The molecule has 0 spiro atoms. The van der Waals surface area contributed by atoms with Crippen LogP contribution in [0.4, 0.5) is 5.82 Å². The Balaban J connectivity index is 2.60. The van der Waals surface area contributed by atoms with E-state index >= 15 is 0 Å². The van der Waals surface area contributed by atoms with Crippen molar-refractivity contribution < 1.29 is 19.1 Å². The molecule has 8 heteroatoms. The van der Waals surface area contributed by atoms with Gasteiger partial charge in [0.1, 0.15) is 11.9 Å². The minimum Gasteiger partial charge on any atom is -0.465 e. The van der Waals surface area contributed by atoms with Crippen molar-refractivity contribution in [1.29, 1.82) is 5.26 Å². The van der Waals surface area contributed by atoms with E-state index in [9.17, 15) is 14.4 Å². The van der Waals surface area contributed by atoms with Crippen molar-refractivity contribution in [1.82, 2.24) is 10.3 Å². The Labute approximate surface area is 113 Å². The predicted octanol–water partition coefficient (Wildman–Crippen LogP) is -0.548. The van der Waals surface area contributed by atoms with Crippen LogP contribution >= 0.6 is 0 Å². The zero-order valence-electron chi connectivity index (χ0n) is 10.5. The van der Waals surface area contributed by atoms with Gasteiger partial charge < -0.3 is 10.5 Å². The van der Waals surface area contributed by atoms with Gasteiger partial charge in [-0.15, -0.1) is 0 Å². The maximum Gasteiger partial charge on any atom is 0.324 e. The lowest BCUT2D eigenvalue weighted by Crippen LogP contribution is -2.44. The summed E-state index contributed by atoms with van der Waals surface area (Å²) in [5.74, 6) is -3.89. The molecule has 20 heavy (non-hydrogen) atoms. The number of nitrogen functional groups attached to an aromatic ring is 1. The van der Waals surface area contributed by atoms with Gasteiger partial charge in [0, 0.05) is 0 Å². The molecule has 3 N–H and O–H groups in total. The van der Waals surface area contributed by atoms with E-state index in [1.165, 1.54) is 6.07 Å². The summed E-state index contributed by atoms with van der Waals surface area (Å²) in [6.45, 7) is 1.67. The Bertz CT molecular complexity index is 662. The van der Waals surface area contributed by atoms with E-state index in [0.717, 1.165) is 0 Å². The summed E-state index contributed by atoms with van der Waals surface area (Å²) in [5, 5.41) is 10.9. The molecule has 0 bridgehead atoms. The largest absolute Gasteiger partial charge is 0.465 e. The number of anilines is 1. The van der Waals surface area contributed by atoms with Crippen molar-refractivity contribution in [3.05, 3.63) is 22.9 Å². The third-order valence-corrected chi connectivity index (χ3v) is 2.74. The van der Waals surface area contributed by atoms with Crippen LogP contribution < -0.4 is 11.1 Å². The van der Waals surface area contributed by atoms with E-state index in [1.807, 2.05) is 5.32 Å². The number of amides is 2. The first-order valence-electron chi connectivity index (χ1n) is 5.72. The number of ether oxygens (including phenoxy) is 1. The minimum absolute atomic E-state index is 0.00384. The fourth-order valence-corrected chi connectivity index (χ4v) is 1.85. The first-order chi connectivity index (χ1) is 9.49. The second-order valence-electron chi connectivity index (χ2n) is 3.97. The molecule has 2 heterocycles. The monoisotopic (exact) mass is 274 g/mol. The summed E-state index contributed by atoms with van der Waals surface area (Å²) >= 11 is 0. The number of rotatable bonds is 2. The summed E-state index contributed by atoms with van der Waals surface area (Å²) in [4.78, 5) is 39.1. The number of nitrogens with two attached hydrogens (primary N) is 1. The summed E-state index contributed by atoms with van der Waals surface area (Å²) in [5.41, 5.74) is 5.43. The molecule has 1 aromatic rings. The maximum atomic E-state index is 11.8. The van der Waals surface area contributed by atoms with Crippen LogP contribution in [0.25, 0.3) is 0 Å². The van der Waals surface area contributed by atoms with Crippen LogP contribution in [-0.2, 0) is 14.3 Å². The van der Waals surface area contributed by atoms with Crippen LogP contribution in [0, 0.1) is 11.3 Å². The van der Waals surface area contributed by atoms with Crippen LogP contribution in [0.5, 0.6) is 0 Å². The molecular formula is C12H10N4O4. The molecule has 0 aromatic carbocycles. The van der Waals surface area contributed by atoms with Crippen molar-refractivity contribution >= 4 is 23.6 Å². The molecule has 0 saturated heterocycles. The van der Waals surface area contributed by atoms with Crippen molar-refractivity contribution in [2.24, 2.45) is 0 Å². The topological polar surface area (TPSA) is 135 Å². The summed E-state index contributed by atoms with van der Waals surface area (Å²) < 4.78 is 4.78. The Kier molecular flexibility index (Phi) is 3.35. The quantitative estimate of drug-likeness (QED) is 0.419. The lowest BCUT2D eigenvalue weighted by Gasteiger charge is -2.22. The molecule has 0 saturated carbocycles. The molecule has 102 valence electrons. The van der Waals surface area contributed by atoms with Crippen molar-refractivity contribution in [3.63, 3.8) is 0 Å². The molecule has 8 nitrogen and oxygen atoms in total. The first kappa shape index (κ1) is 13.5. The van der Waals surface area contributed by atoms with E-state index in [0.29, 0.717) is 0 Å². The van der Waals surface area contributed by atoms with E-state index in [2.05, 4.69) is 4.98 Å². The third kappa shape index (κ3) is 2.05. The lowest BCUT2D eigenvalue weighted by atomic mass is 9.93. The molecule has 2 amide bonds. The van der Waals surface area contributed by atoms with Gasteiger partial charge in [-0.25, -0.2) is 4.98 Å². The number of nitrogens with one attached hydrogen (secondary N) is 1. The predicted molar refractivity (Wildman–Crippen MR) is 65.2 cm³/mol. The van der Waals surface area contributed by atoms with Gasteiger partial charge in [0.2, 0.25) is 5.91 Å². The van der Waals surface area contributed by atoms with E-state index in [4.69, 9.17) is 15.7 Å². The number of nitriles is 1. The first-order valence-corrected chi connectivity index (χ1v) is 5.72. The summed E-state index contributed by atoms with van der Waals surface area (Å²) in [6, 6.07) is 2.98. The van der Waals surface area contributed by atoms with Crippen LogP contribution in [0.3, 0.4) is 0 Å². The summed E-state index contributed by atoms with van der Waals surface area (Å²) in [7, 11) is 0. The summed E-state index contributed by atoms with van der Waals surface area (Å²) in [6.07, 6.45) is 0. The third-order valence-electron chi connectivity index (χ3n) is 2.74. The SMILES string of the molecule is CCOC(=O)[C@@H]1C(=O)NC(=O)c2cc(C#N)c(N)nc21. The number of hydrogen-bond acceptors (Lipinski definition) is 7. The number of hydrogen-bond donors (Lipinski definition) is 2. The highest BCUT2D eigenvalue weighted by Gasteiger charge is 2.40. The fourth-order valence-electron chi connectivity index (χ4n) is 1.85. The van der Waals surface area contributed by atoms with Crippen LogP contribution in [0.2, 0.25) is 0 Å². The number of nitrogens with zero attached hydrogens (tertiary/aromatic N) is 2. The van der Waals surface area contributed by atoms with Gasteiger partial charge in [0.05, 0.1) is 23.4 Å². The number of imide groups is 1. The van der Waals surface area contributed by atoms with Crippen molar-refractivity contribution in [3.8, 4) is 6.07 Å². The van der Waals surface area contributed by atoms with Gasteiger partial charge in [0.15, 0.2) is 5.92 Å². The van der Waals surface area contributed by atoms with Gasteiger partial charge in [-0.3, -0.25) is 19.7 Å². The zero-order chi connectivity index (χ0) is 14.9. The zero-order valence-corrected chi connectivity index (χ0v) is 10.5. The molecule has 1 atom stereocenters. The number of aromatic nitrogens is 1. The number of carbonyl (C=O) groups is 3. The molecule has 0 radical (unpaired) electrons. The number of esters is 1. The van der Waals surface area contributed by atoms with Gasteiger partial charge >= 0.3 is 5.97 Å². The fraction of sp³-hybridized carbons (Fsp3) is 0.250. The number of carbonyl (C=O) groups excluding carboxylic acids is 3. The Morgan fingerprint density at radius 1 is 1.60 bits per heavy atom. The van der Waals surface area contributed by atoms with Gasteiger partial charge in [-0.2, -0.15) is 5.26 Å². The maximum absolute atomic E-state index is 11.8. The highest BCUT2D eigenvalue weighted by atomic mass is 16.5. The molecule has 2 rings (SSSR count). The van der Waals surface area contributed by atoms with Crippen LogP contribution in [-0.4, -0.2) is 29.4 Å². The molecule has 1 aliphatic rings. The normalized spacial score (nSPS) is 16.9. The average Bonchev–Trinajstić information content (AvgIpc) is 2.38.